The predicted molar refractivity (Wildman–Crippen MR) is 109 cm³/mol. The third-order valence-corrected chi connectivity index (χ3v) is 3.42. The molecular weight excluding hydrogens is 394 g/mol. The summed E-state index contributed by atoms with van der Waals surface area (Å²) in [4.78, 5) is 11.2. The molecule has 1 N–H and O–H groups in total. The molecule has 28 heavy (non-hydrogen) atoms. The summed E-state index contributed by atoms with van der Waals surface area (Å²) < 4.78 is 10.6. The minimum Gasteiger partial charge on any atom is -0.444 e. The molecule has 3 rings (SSSR count). The molecule has 0 atom stereocenters. The number of hydrogen-bond acceptors (Lipinski definition) is 3. The van der Waals surface area contributed by atoms with Gasteiger partial charge in [0.15, 0.2) is 0 Å². The van der Waals surface area contributed by atoms with Gasteiger partial charge in [-0.3, -0.25) is 0 Å². The van der Waals surface area contributed by atoms with E-state index in [1.165, 1.54) is 11.1 Å². The van der Waals surface area contributed by atoms with Gasteiger partial charge in [0.25, 0.3) is 0 Å². The monoisotopic (exact) mass is 421 g/mol. The van der Waals surface area contributed by atoms with Gasteiger partial charge in [-0.25, -0.2) is 23.0 Å². The molecule has 0 saturated carbocycles. The van der Waals surface area contributed by atoms with Crippen molar-refractivity contribution < 1.29 is 31.3 Å². The van der Waals surface area contributed by atoms with E-state index >= 15 is 0 Å². The molecule has 0 bridgehead atoms. The topological polar surface area (TPSA) is 47.6 Å². The third-order valence-electron chi connectivity index (χ3n) is 3.42. The van der Waals surface area contributed by atoms with Crippen LogP contribution < -0.4 is 5.32 Å². The van der Waals surface area contributed by atoms with Gasteiger partial charge in [0.2, 0.25) is 0 Å². The molecule has 0 aromatic heterocycles. The number of hydrogen-bond donors (Lipinski definition) is 1. The van der Waals surface area contributed by atoms with Crippen LogP contribution in [0, 0.1) is 0 Å². The summed E-state index contributed by atoms with van der Waals surface area (Å²) in [5.41, 5.74) is 2.77. The van der Waals surface area contributed by atoms with Gasteiger partial charge in [0, 0.05) is 6.61 Å². The summed E-state index contributed by atoms with van der Waals surface area (Å²) in [6.45, 7) is 6.88. The van der Waals surface area contributed by atoms with Crippen molar-refractivity contribution in [3.63, 3.8) is 0 Å². The number of amides is 1. The second-order valence-corrected chi connectivity index (χ2v) is 7.07. The molecule has 0 fully saturated rings. The normalized spacial score (nSPS) is 10.2. The van der Waals surface area contributed by atoms with E-state index in [0.29, 0.717) is 13.2 Å². The third kappa shape index (κ3) is 10.1. The van der Waals surface area contributed by atoms with Gasteiger partial charge >= 0.3 is 23.2 Å². The Kier molecular flexibility index (Phi) is 10.3. The summed E-state index contributed by atoms with van der Waals surface area (Å²) >= 11 is 0. The molecule has 5 heteroatoms. The van der Waals surface area contributed by atoms with Crippen LogP contribution in [-0.4, -0.2) is 11.7 Å². The largest absolute Gasteiger partial charge is 2.00 e. The Morgan fingerprint density at radius 2 is 1.61 bits per heavy atom. The van der Waals surface area contributed by atoms with Crippen molar-refractivity contribution in [1.29, 1.82) is 0 Å². The van der Waals surface area contributed by atoms with Gasteiger partial charge in [-0.2, -0.15) is 24.3 Å². The molecule has 150 valence electrons. The van der Waals surface area contributed by atoms with E-state index in [4.69, 9.17) is 9.47 Å². The van der Waals surface area contributed by atoms with Crippen LogP contribution in [-0.2, 0) is 39.8 Å². The van der Waals surface area contributed by atoms with E-state index < -0.39 is 11.7 Å². The first kappa shape index (κ1) is 23.7. The summed E-state index contributed by atoms with van der Waals surface area (Å²) in [7, 11) is 0. The molecule has 3 aromatic rings. The summed E-state index contributed by atoms with van der Waals surface area (Å²) in [6.07, 6.45) is -0.418. The first-order valence-electron chi connectivity index (χ1n) is 8.96. The van der Waals surface area contributed by atoms with Crippen molar-refractivity contribution in [3.05, 3.63) is 90.0 Å². The SMILES string of the molecule is CC(C)(C)OC(=O)Nc1ccc[cH-]1.[Fe+2].c1ccc(COCc2ccc[cH-]2)cc1. The van der Waals surface area contributed by atoms with E-state index in [2.05, 4.69) is 29.6 Å². The first-order chi connectivity index (χ1) is 12.9. The van der Waals surface area contributed by atoms with Gasteiger partial charge in [0.05, 0.1) is 6.61 Å². The van der Waals surface area contributed by atoms with Gasteiger partial charge in [0.1, 0.15) is 5.60 Å². The Balaban J connectivity index is 0.000000271. The molecule has 0 unspecified atom stereocenters. The van der Waals surface area contributed by atoms with Crippen molar-refractivity contribution in [2.45, 2.75) is 39.6 Å². The quantitative estimate of drug-likeness (QED) is 0.414. The van der Waals surface area contributed by atoms with E-state index in [1.54, 1.807) is 0 Å². The summed E-state index contributed by atoms with van der Waals surface area (Å²) in [6, 6.07) is 25.8. The Morgan fingerprint density at radius 1 is 0.929 bits per heavy atom. The maximum absolute atomic E-state index is 11.2. The predicted octanol–water partition coefficient (Wildman–Crippen LogP) is 5.87. The van der Waals surface area contributed by atoms with Gasteiger partial charge in [-0.15, -0.1) is 11.6 Å². The van der Waals surface area contributed by atoms with Crippen LogP contribution in [0.25, 0.3) is 0 Å². The molecule has 0 aliphatic carbocycles. The molecular formula is C23H27FeNO3. The summed E-state index contributed by atoms with van der Waals surface area (Å²) in [5.74, 6) is 0. The molecule has 4 nitrogen and oxygen atoms in total. The Labute approximate surface area is 178 Å². The minimum absolute atomic E-state index is 0. The van der Waals surface area contributed by atoms with Gasteiger partial charge < -0.3 is 14.8 Å². The summed E-state index contributed by atoms with van der Waals surface area (Å²) in [5, 5.41) is 2.62. The second kappa shape index (κ2) is 12.2. The van der Waals surface area contributed by atoms with Gasteiger partial charge in [-0.05, 0) is 26.3 Å². The van der Waals surface area contributed by atoms with E-state index in [0.717, 1.165) is 5.69 Å². The van der Waals surface area contributed by atoms with Crippen LogP contribution in [0.15, 0.2) is 78.9 Å². The number of carbonyl (C=O) groups is 1. The number of benzene rings is 1. The second-order valence-electron chi connectivity index (χ2n) is 7.07. The molecule has 0 radical (unpaired) electrons. The molecule has 3 aromatic carbocycles. The zero-order valence-corrected chi connectivity index (χ0v) is 17.6. The maximum atomic E-state index is 11.2. The number of nitrogens with one attached hydrogen (secondary N) is 1. The van der Waals surface area contributed by atoms with E-state index in [-0.39, 0.29) is 17.1 Å². The van der Waals surface area contributed by atoms with Crippen molar-refractivity contribution in [3.8, 4) is 0 Å². The van der Waals surface area contributed by atoms with Crippen molar-refractivity contribution >= 4 is 11.8 Å². The van der Waals surface area contributed by atoms with Crippen molar-refractivity contribution in [2.75, 3.05) is 5.32 Å². The van der Waals surface area contributed by atoms with Crippen LogP contribution in [0.4, 0.5) is 10.5 Å². The smallest absolute Gasteiger partial charge is 0.444 e. The zero-order valence-electron chi connectivity index (χ0n) is 16.5. The van der Waals surface area contributed by atoms with Crippen LogP contribution in [0.1, 0.15) is 31.9 Å². The molecule has 0 saturated heterocycles. The number of rotatable bonds is 5. The fraction of sp³-hybridized carbons (Fsp3) is 0.261. The maximum Gasteiger partial charge on any atom is 2.00 e. The molecule has 0 aliphatic heterocycles. The Hall–Kier alpha value is -2.33. The number of carbonyl (C=O) groups excluding carboxylic acids is 1. The average molecular weight is 421 g/mol. The molecule has 0 heterocycles. The number of anilines is 1. The Morgan fingerprint density at radius 3 is 2.18 bits per heavy atom. The van der Waals surface area contributed by atoms with Crippen LogP contribution in [0.5, 0.6) is 0 Å². The van der Waals surface area contributed by atoms with Crippen molar-refractivity contribution in [1.82, 2.24) is 0 Å². The van der Waals surface area contributed by atoms with Crippen LogP contribution in [0.3, 0.4) is 0 Å². The van der Waals surface area contributed by atoms with Crippen LogP contribution in [0.2, 0.25) is 0 Å². The standard InChI is InChI=1S/C13H13O.C10H14NO2.Fe/c1-2-6-12(7-3-1)10-14-11-13-8-4-5-9-13;1-10(2,3)13-9(12)11-8-6-4-5-7-8;/h1-9H,10-11H2;4-7H,1-3H3,(H,11,12);/q2*-1;+2. The minimum atomic E-state index is -0.448. The first-order valence-corrected chi connectivity index (χ1v) is 8.96. The molecule has 0 aliphatic rings. The zero-order chi connectivity index (χ0) is 19.5. The van der Waals surface area contributed by atoms with Gasteiger partial charge in [-0.1, -0.05) is 36.0 Å². The fourth-order valence-corrected chi connectivity index (χ4v) is 2.25. The Bertz CT molecular complexity index is 760. The van der Waals surface area contributed by atoms with E-state index in [1.807, 2.05) is 75.4 Å². The average Bonchev–Trinajstić information content (AvgIpc) is 3.29. The van der Waals surface area contributed by atoms with Crippen molar-refractivity contribution in [2.24, 2.45) is 0 Å². The number of ether oxygens (including phenoxy) is 2. The fourth-order valence-electron chi connectivity index (χ4n) is 2.25. The van der Waals surface area contributed by atoms with Crippen LogP contribution >= 0.6 is 0 Å². The van der Waals surface area contributed by atoms with E-state index in [9.17, 15) is 4.79 Å². The molecule has 0 spiro atoms. The molecule has 1 amide bonds.